The van der Waals surface area contributed by atoms with Gasteiger partial charge in [0.2, 0.25) is 0 Å². The maximum absolute atomic E-state index is 12.4. The molecule has 0 aliphatic carbocycles. The van der Waals surface area contributed by atoms with Crippen molar-refractivity contribution in [3.8, 4) is 5.75 Å². The number of esters is 1. The van der Waals surface area contributed by atoms with Gasteiger partial charge < -0.3 is 19.2 Å². The number of halogens is 1. The Hall–Kier alpha value is -3.36. The molecule has 158 valence electrons. The van der Waals surface area contributed by atoms with Gasteiger partial charge >= 0.3 is 11.6 Å². The number of fused-ring (bicyclic) bond motifs is 2. The third kappa shape index (κ3) is 4.40. The van der Waals surface area contributed by atoms with Gasteiger partial charge in [-0.25, -0.2) is 4.79 Å². The fourth-order valence-corrected chi connectivity index (χ4v) is 4.49. The second-order valence-corrected chi connectivity index (χ2v) is 7.97. The van der Waals surface area contributed by atoms with Crippen LogP contribution in [-0.4, -0.2) is 25.5 Å². The SMILES string of the molecule is COc1ccc2c(COC(=O)CNC(=O)c3sc4ccccc4c3Cl)cc(=O)oc2c1. The Morgan fingerprint density at radius 1 is 1.13 bits per heavy atom. The molecule has 0 fully saturated rings. The normalized spacial score (nSPS) is 10.9. The molecule has 9 heteroatoms. The first-order valence-corrected chi connectivity index (χ1v) is 10.4. The molecule has 0 aliphatic rings. The number of carbonyl (C=O) groups excluding carboxylic acids is 2. The van der Waals surface area contributed by atoms with E-state index in [1.807, 2.05) is 24.3 Å². The Kier molecular flexibility index (Phi) is 5.92. The van der Waals surface area contributed by atoms with Crippen LogP contribution in [0, 0.1) is 0 Å². The number of hydrogen-bond donors (Lipinski definition) is 1. The Morgan fingerprint density at radius 2 is 1.94 bits per heavy atom. The summed E-state index contributed by atoms with van der Waals surface area (Å²) in [6.07, 6.45) is 0. The van der Waals surface area contributed by atoms with Crippen molar-refractivity contribution in [2.24, 2.45) is 0 Å². The first kappa shape index (κ1) is 20.9. The minimum Gasteiger partial charge on any atom is -0.497 e. The van der Waals surface area contributed by atoms with Crippen LogP contribution in [0.1, 0.15) is 15.2 Å². The van der Waals surface area contributed by atoms with E-state index in [9.17, 15) is 14.4 Å². The summed E-state index contributed by atoms with van der Waals surface area (Å²) < 4.78 is 16.4. The van der Waals surface area contributed by atoms with Gasteiger partial charge in [0.25, 0.3) is 5.91 Å². The predicted octanol–water partition coefficient (Wildman–Crippen LogP) is 4.14. The van der Waals surface area contributed by atoms with E-state index < -0.39 is 17.5 Å². The molecule has 4 aromatic rings. The van der Waals surface area contributed by atoms with Crippen LogP contribution < -0.4 is 15.7 Å². The molecular formula is C22H16ClNO6S. The van der Waals surface area contributed by atoms with E-state index in [1.165, 1.54) is 24.5 Å². The van der Waals surface area contributed by atoms with Gasteiger partial charge in [-0.3, -0.25) is 9.59 Å². The van der Waals surface area contributed by atoms with E-state index in [0.29, 0.717) is 32.2 Å². The van der Waals surface area contributed by atoms with Crippen molar-refractivity contribution in [2.75, 3.05) is 13.7 Å². The lowest BCUT2D eigenvalue weighted by Crippen LogP contribution is -2.30. The quantitative estimate of drug-likeness (QED) is 0.345. The van der Waals surface area contributed by atoms with Crippen LogP contribution in [0.2, 0.25) is 5.02 Å². The van der Waals surface area contributed by atoms with Crippen LogP contribution in [0.4, 0.5) is 0 Å². The van der Waals surface area contributed by atoms with Gasteiger partial charge in [0.05, 0.1) is 12.1 Å². The van der Waals surface area contributed by atoms with Gasteiger partial charge in [-0.2, -0.15) is 0 Å². The second-order valence-electron chi connectivity index (χ2n) is 6.54. The molecule has 2 aromatic carbocycles. The number of benzene rings is 2. The summed E-state index contributed by atoms with van der Waals surface area (Å²) in [5.74, 6) is -0.575. The highest BCUT2D eigenvalue weighted by molar-refractivity contribution is 7.21. The standard InChI is InChI=1S/C22H16ClNO6S/c1-28-13-6-7-14-12(8-18(25)30-16(14)9-13)11-29-19(26)10-24-22(27)21-20(23)15-4-2-3-5-17(15)31-21/h2-9H,10-11H2,1H3,(H,24,27). The largest absolute Gasteiger partial charge is 0.497 e. The first-order chi connectivity index (χ1) is 15.0. The maximum Gasteiger partial charge on any atom is 0.336 e. The third-order valence-electron chi connectivity index (χ3n) is 4.56. The Morgan fingerprint density at radius 3 is 2.71 bits per heavy atom. The van der Waals surface area contributed by atoms with Crippen molar-refractivity contribution in [1.82, 2.24) is 5.32 Å². The lowest BCUT2D eigenvalue weighted by atomic mass is 10.1. The zero-order chi connectivity index (χ0) is 22.0. The molecule has 0 atom stereocenters. The van der Waals surface area contributed by atoms with Crippen molar-refractivity contribution in [1.29, 1.82) is 0 Å². The van der Waals surface area contributed by atoms with Crippen molar-refractivity contribution >= 4 is 55.9 Å². The van der Waals surface area contributed by atoms with E-state index in [-0.39, 0.29) is 13.2 Å². The highest BCUT2D eigenvalue weighted by atomic mass is 35.5. The topological polar surface area (TPSA) is 94.8 Å². The van der Waals surface area contributed by atoms with Gasteiger partial charge in [0.1, 0.15) is 29.4 Å². The highest BCUT2D eigenvalue weighted by Crippen LogP contribution is 2.34. The summed E-state index contributed by atoms with van der Waals surface area (Å²) in [6.45, 7) is -0.483. The monoisotopic (exact) mass is 457 g/mol. The molecule has 0 saturated carbocycles. The molecule has 1 amide bonds. The van der Waals surface area contributed by atoms with E-state index in [0.717, 1.165) is 10.1 Å². The molecule has 0 bridgehead atoms. The molecule has 31 heavy (non-hydrogen) atoms. The third-order valence-corrected chi connectivity index (χ3v) is 6.23. The zero-order valence-electron chi connectivity index (χ0n) is 16.3. The lowest BCUT2D eigenvalue weighted by Gasteiger charge is -2.09. The molecule has 2 heterocycles. The molecule has 0 unspecified atom stereocenters. The summed E-state index contributed by atoms with van der Waals surface area (Å²) in [4.78, 5) is 36.7. The molecule has 0 aliphatic heterocycles. The second kappa shape index (κ2) is 8.79. The lowest BCUT2D eigenvalue weighted by molar-refractivity contribution is -0.143. The molecule has 2 aromatic heterocycles. The number of amides is 1. The van der Waals surface area contributed by atoms with Crippen LogP contribution in [0.5, 0.6) is 5.75 Å². The van der Waals surface area contributed by atoms with E-state index in [4.69, 9.17) is 25.5 Å². The number of ether oxygens (including phenoxy) is 2. The van der Waals surface area contributed by atoms with Gasteiger partial charge in [0, 0.05) is 33.2 Å². The average molecular weight is 458 g/mol. The number of hydrogen-bond acceptors (Lipinski definition) is 7. The van der Waals surface area contributed by atoms with Gasteiger partial charge in [-0.05, 0) is 18.2 Å². The summed E-state index contributed by atoms with van der Waals surface area (Å²) in [5, 5.41) is 4.27. The molecule has 0 spiro atoms. The number of nitrogens with one attached hydrogen (secondary N) is 1. The smallest absolute Gasteiger partial charge is 0.336 e. The van der Waals surface area contributed by atoms with Crippen LogP contribution in [0.3, 0.4) is 0 Å². The van der Waals surface area contributed by atoms with Gasteiger partial charge in [0.15, 0.2) is 0 Å². The average Bonchev–Trinajstić information content (AvgIpc) is 3.12. The minimum absolute atomic E-state index is 0.146. The number of methoxy groups -OCH3 is 1. The fourth-order valence-electron chi connectivity index (χ4n) is 3.06. The molecule has 4 rings (SSSR count). The zero-order valence-corrected chi connectivity index (χ0v) is 17.8. The fraction of sp³-hybridized carbons (Fsp3) is 0.136. The number of rotatable bonds is 6. The van der Waals surface area contributed by atoms with Crippen molar-refractivity contribution in [3.05, 3.63) is 74.4 Å². The Bertz CT molecular complexity index is 1360. The summed E-state index contributed by atoms with van der Waals surface area (Å²) in [6, 6.07) is 13.7. The van der Waals surface area contributed by atoms with E-state index >= 15 is 0 Å². The van der Waals surface area contributed by atoms with Crippen LogP contribution in [0.25, 0.3) is 21.1 Å². The predicted molar refractivity (Wildman–Crippen MR) is 118 cm³/mol. The summed E-state index contributed by atoms with van der Waals surface area (Å²) >= 11 is 7.53. The molecule has 0 saturated heterocycles. The molecule has 1 N–H and O–H groups in total. The van der Waals surface area contributed by atoms with Crippen molar-refractivity contribution in [3.63, 3.8) is 0 Å². The number of carbonyl (C=O) groups is 2. The van der Waals surface area contributed by atoms with Crippen molar-refractivity contribution < 1.29 is 23.5 Å². The van der Waals surface area contributed by atoms with E-state index in [1.54, 1.807) is 18.2 Å². The van der Waals surface area contributed by atoms with Crippen LogP contribution in [-0.2, 0) is 16.1 Å². The highest BCUT2D eigenvalue weighted by Gasteiger charge is 2.18. The minimum atomic E-state index is -0.652. The van der Waals surface area contributed by atoms with Crippen molar-refractivity contribution in [2.45, 2.75) is 6.61 Å². The molecule has 0 radical (unpaired) electrons. The Balaban J connectivity index is 1.41. The van der Waals surface area contributed by atoms with Crippen LogP contribution >= 0.6 is 22.9 Å². The summed E-state index contributed by atoms with van der Waals surface area (Å²) in [5.41, 5.74) is 0.242. The van der Waals surface area contributed by atoms with Gasteiger partial charge in [-0.15, -0.1) is 11.3 Å². The number of thiophene rings is 1. The maximum atomic E-state index is 12.4. The first-order valence-electron chi connectivity index (χ1n) is 9.18. The van der Waals surface area contributed by atoms with E-state index in [2.05, 4.69) is 5.32 Å². The molecule has 7 nitrogen and oxygen atoms in total. The summed E-state index contributed by atoms with van der Waals surface area (Å²) in [7, 11) is 1.51. The van der Waals surface area contributed by atoms with Crippen LogP contribution in [0.15, 0.2) is 57.7 Å². The Labute approximate surface area is 185 Å². The van der Waals surface area contributed by atoms with Gasteiger partial charge in [-0.1, -0.05) is 29.8 Å². The molecular weight excluding hydrogens is 442 g/mol.